The van der Waals surface area contributed by atoms with Crippen LogP contribution in [0.5, 0.6) is 5.75 Å². The maximum atomic E-state index is 13.4. The van der Waals surface area contributed by atoms with Crippen molar-refractivity contribution in [1.82, 2.24) is 9.55 Å². The van der Waals surface area contributed by atoms with E-state index in [0.717, 1.165) is 34.5 Å². The van der Waals surface area contributed by atoms with E-state index in [1.807, 2.05) is 45.0 Å². The molecule has 8 heteroatoms. The number of hydrogen-bond acceptors (Lipinski definition) is 6. The van der Waals surface area contributed by atoms with Crippen LogP contribution in [0.3, 0.4) is 0 Å². The predicted octanol–water partition coefficient (Wildman–Crippen LogP) is 4.93. The van der Waals surface area contributed by atoms with E-state index in [9.17, 15) is 9.59 Å². The van der Waals surface area contributed by atoms with Gasteiger partial charge in [-0.1, -0.05) is 36.4 Å². The molecule has 1 aromatic heterocycles. The predicted molar refractivity (Wildman–Crippen MR) is 135 cm³/mol. The monoisotopic (exact) mass is 481 g/mol. The van der Waals surface area contributed by atoms with E-state index in [-0.39, 0.29) is 17.2 Å². The minimum absolute atomic E-state index is 0.0901. The smallest absolute Gasteiger partial charge is 0.272 e. The first-order chi connectivity index (χ1) is 15.8. The topological polar surface area (TPSA) is 73.2 Å². The summed E-state index contributed by atoms with van der Waals surface area (Å²) < 4.78 is 6.85. The van der Waals surface area contributed by atoms with Gasteiger partial charge in [0.25, 0.3) is 5.56 Å². The maximum absolute atomic E-state index is 13.4. The van der Waals surface area contributed by atoms with Crippen LogP contribution in [0.15, 0.2) is 51.2 Å². The van der Waals surface area contributed by atoms with Crippen molar-refractivity contribution in [2.24, 2.45) is 0 Å². The highest BCUT2D eigenvalue weighted by Gasteiger charge is 2.27. The van der Waals surface area contributed by atoms with Gasteiger partial charge in [0.15, 0.2) is 5.16 Å². The van der Waals surface area contributed by atoms with Gasteiger partial charge in [0.05, 0.1) is 29.1 Å². The number of carbonyl (C=O) groups excluding carboxylic acids is 1. The zero-order chi connectivity index (χ0) is 23.7. The lowest BCUT2D eigenvalue weighted by Crippen LogP contribution is -2.24. The van der Waals surface area contributed by atoms with E-state index in [4.69, 9.17) is 9.72 Å². The number of nitrogens with zero attached hydrogens (tertiary/aromatic N) is 2. The third-order valence-corrected chi connectivity index (χ3v) is 7.64. The van der Waals surface area contributed by atoms with E-state index in [0.29, 0.717) is 26.7 Å². The van der Waals surface area contributed by atoms with Crippen LogP contribution in [0, 0.1) is 20.8 Å². The highest BCUT2D eigenvalue weighted by atomic mass is 32.2. The summed E-state index contributed by atoms with van der Waals surface area (Å²) in [5, 5.41) is 3.85. The van der Waals surface area contributed by atoms with E-state index in [1.54, 1.807) is 23.4 Å². The Morgan fingerprint density at radius 3 is 2.52 bits per heavy atom. The molecule has 172 valence electrons. The van der Waals surface area contributed by atoms with Crippen LogP contribution in [-0.4, -0.2) is 33.6 Å². The van der Waals surface area contributed by atoms with Crippen LogP contribution in [0.4, 0.5) is 5.69 Å². The highest BCUT2D eigenvalue weighted by molar-refractivity contribution is 8.00. The van der Waals surface area contributed by atoms with E-state index in [2.05, 4.69) is 24.4 Å². The summed E-state index contributed by atoms with van der Waals surface area (Å²) in [5.74, 6) is 0.728. The average molecular weight is 482 g/mol. The number of thioether (sulfide) groups is 2. The molecule has 1 atom stereocenters. The summed E-state index contributed by atoms with van der Waals surface area (Å²) in [6, 6.07) is 11.4. The van der Waals surface area contributed by atoms with Crippen LogP contribution in [0.2, 0.25) is 0 Å². The van der Waals surface area contributed by atoms with Crippen molar-refractivity contribution < 1.29 is 9.53 Å². The van der Waals surface area contributed by atoms with Crippen molar-refractivity contribution in [3.63, 3.8) is 0 Å². The Morgan fingerprint density at radius 1 is 1.21 bits per heavy atom. The van der Waals surface area contributed by atoms with Crippen LogP contribution < -0.4 is 15.6 Å². The Kier molecular flexibility index (Phi) is 6.86. The van der Waals surface area contributed by atoms with Crippen molar-refractivity contribution in [2.45, 2.75) is 49.4 Å². The molecule has 1 unspecified atom stereocenters. The minimum Gasteiger partial charge on any atom is -0.497 e. The van der Waals surface area contributed by atoms with Gasteiger partial charge in [0, 0.05) is 17.4 Å². The number of fused-ring (bicyclic) bond motifs is 1. The van der Waals surface area contributed by atoms with Gasteiger partial charge in [0.1, 0.15) is 5.75 Å². The first kappa shape index (κ1) is 23.4. The van der Waals surface area contributed by atoms with Gasteiger partial charge in [-0.15, -0.1) is 11.8 Å². The molecule has 0 aliphatic carbocycles. The molecule has 3 aromatic rings. The van der Waals surface area contributed by atoms with Crippen molar-refractivity contribution >= 4 is 35.1 Å². The molecule has 33 heavy (non-hydrogen) atoms. The lowest BCUT2D eigenvalue weighted by molar-refractivity contribution is -0.113. The molecule has 1 N–H and O–H groups in total. The molecule has 1 aliphatic rings. The highest BCUT2D eigenvalue weighted by Crippen LogP contribution is 2.35. The van der Waals surface area contributed by atoms with Crippen molar-refractivity contribution in [3.8, 4) is 11.4 Å². The summed E-state index contributed by atoms with van der Waals surface area (Å²) >= 11 is 2.84. The van der Waals surface area contributed by atoms with Gasteiger partial charge in [-0.3, -0.25) is 14.2 Å². The van der Waals surface area contributed by atoms with Crippen molar-refractivity contribution in [1.29, 1.82) is 0 Å². The number of ether oxygens (including phenoxy) is 1. The van der Waals surface area contributed by atoms with Gasteiger partial charge in [-0.2, -0.15) is 0 Å². The van der Waals surface area contributed by atoms with Crippen LogP contribution >= 0.6 is 23.5 Å². The maximum Gasteiger partial charge on any atom is 0.272 e. The summed E-state index contributed by atoms with van der Waals surface area (Å²) in [6.45, 7) is 8.12. The molecule has 1 amide bonds. The number of aryl methyl sites for hydroxylation is 3. The largest absolute Gasteiger partial charge is 0.497 e. The fourth-order valence-corrected chi connectivity index (χ4v) is 5.96. The third kappa shape index (κ3) is 4.96. The number of amides is 1. The third-order valence-electron chi connectivity index (χ3n) is 5.49. The molecule has 1 aliphatic heterocycles. The molecule has 0 fully saturated rings. The molecule has 6 nitrogen and oxygen atoms in total. The van der Waals surface area contributed by atoms with Crippen LogP contribution in [0.1, 0.15) is 29.3 Å². The molecule has 0 saturated carbocycles. The second kappa shape index (κ2) is 9.65. The Hall–Kier alpha value is -2.71. The molecular weight excluding hydrogens is 454 g/mol. The van der Waals surface area contributed by atoms with Crippen molar-refractivity contribution in [3.05, 3.63) is 69.1 Å². The summed E-state index contributed by atoms with van der Waals surface area (Å²) in [6.07, 6.45) is 0.750. The first-order valence-electron chi connectivity index (χ1n) is 10.7. The molecule has 0 spiro atoms. The van der Waals surface area contributed by atoms with Gasteiger partial charge in [-0.25, -0.2) is 4.98 Å². The quantitative estimate of drug-likeness (QED) is 0.397. The van der Waals surface area contributed by atoms with Gasteiger partial charge in [-0.05, 0) is 56.2 Å². The van der Waals surface area contributed by atoms with E-state index < -0.39 is 0 Å². The number of methoxy groups -OCH3 is 1. The number of anilines is 1. The van der Waals surface area contributed by atoms with Crippen molar-refractivity contribution in [2.75, 3.05) is 18.2 Å². The summed E-state index contributed by atoms with van der Waals surface area (Å²) in [7, 11) is 1.60. The molecule has 0 saturated heterocycles. The zero-order valence-corrected chi connectivity index (χ0v) is 21.0. The lowest BCUT2D eigenvalue weighted by atomic mass is 10.1. The number of carbonyl (C=O) groups is 1. The minimum atomic E-state index is -0.131. The lowest BCUT2D eigenvalue weighted by Gasteiger charge is -2.15. The zero-order valence-electron chi connectivity index (χ0n) is 19.4. The van der Waals surface area contributed by atoms with Crippen LogP contribution in [0.25, 0.3) is 5.69 Å². The fraction of sp³-hybridized carbons (Fsp3) is 0.320. The number of nitrogens with one attached hydrogen (secondary N) is 1. The number of benzene rings is 2. The second-order valence-corrected chi connectivity index (χ2v) is 10.6. The number of aromatic nitrogens is 2. The Labute approximate surface area is 202 Å². The fourth-order valence-electron chi connectivity index (χ4n) is 4.04. The normalized spacial score (nSPS) is 14.8. The first-order valence-corrected chi connectivity index (χ1v) is 12.6. The Morgan fingerprint density at radius 2 is 1.88 bits per heavy atom. The molecule has 0 bridgehead atoms. The average Bonchev–Trinajstić information content (AvgIpc) is 3.15. The molecule has 2 heterocycles. The number of rotatable bonds is 6. The summed E-state index contributed by atoms with van der Waals surface area (Å²) in [4.78, 5) is 31.7. The Balaban J connectivity index is 1.63. The summed E-state index contributed by atoms with van der Waals surface area (Å²) in [5.41, 5.74) is 5.49. The van der Waals surface area contributed by atoms with Gasteiger partial charge in [0.2, 0.25) is 5.91 Å². The molecule has 2 aromatic carbocycles. The van der Waals surface area contributed by atoms with Gasteiger partial charge >= 0.3 is 0 Å². The molecule has 0 radical (unpaired) electrons. The Bertz CT molecular complexity index is 1250. The van der Waals surface area contributed by atoms with Crippen LogP contribution in [-0.2, 0) is 11.2 Å². The molecule has 4 rings (SSSR count). The SMILES string of the molecule is COc1ccc(-n2c(SCC(=O)Nc3c(C)cc(C)cc3C)nc3c(c2=O)SC(C)C3)cc1. The van der Waals surface area contributed by atoms with E-state index >= 15 is 0 Å². The second-order valence-electron chi connectivity index (χ2n) is 8.25. The molecular formula is C25H27N3O3S2. The number of hydrogen-bond donors (Lipinski definition) is 1. The van der Waals surface area contributed by atoms with E-state index in [1.165, 1.54) is 11.8 Å². The van der Waals surface area contributed by atoms with Gasteiger partial charge < -0.3 is 10.1 Å². The standard InChI is InChI=1S/C25H27N3O3S2/c1-14-10-15(2)22(16(3)11-14)27-21(29)13-32-25-26-20-12-17(4)33-23(20)24(30)28(25)18-6-8-19(31-5)9-7-18/h6-11,17H,12-13H2,1-5H3,(H,27,29).